The summed E-state index contributed by atoms with van der Waals surface area (Å²) in [7, 11) is 0. The molecule has 0 atom stereocenters. The van der Waals surface area contributed by atoms with Crippen molar-refractivity contribution in [2.45, 2.75) is 19.9 Å². The molecule has 3 rings (SSSR count). The van der Waals surface area contributed by atoms with Crippen molar-refractivity contribution in [1.29, 1.82) is 0 Å². The van der Waals surface area contributed by atoms with Crippen molar-refractivity contribution >= 4 is 41.1 Å². The number of rotatable bonds is 3. The Bertz CT molecular complexity index is 781. The van der Waals surface area contributed by atoms with E-state index in [1.807, 2.05) is 60.7 Å². The minimum Gasteiger partial charge on any atom is -0.292 e. The van der Waals surface area contributed by atoms with Gasteiger partial charge in [-0.05, 0) is 61.4 Å². The number of halogens is 2. The molecule has 1 aliphatic rings. The first-order chi connectivity index (χ1) is 12.4. The molecule has 1 saturated heterocycles. The van der Waals surface area contributed by atoms with Gasteiger partial charge >= 0.3 is 0 Å². The van der Waals surface area contributed by atoms with E-state index in [1.54, 1.807) is 0 Å². The molecule has 1 fully saturated rings. The summed E-state index contributed by atoms with van der Waals surface area (Å²) >= 11 is 11.9. The fourth-order valence-electron chi connectivity index (χ4n) is 2.95. The van der Waals surface area contributed by atoms with Gasteiger partial charge in [0.25, 0.3) is 0 Å². The largest absolute Gasteiger partial charge is 0.292 e. The van der Waals surface area contributed by atoms with Crippen LogP contribution in [0, 0.1) is 0 Å². The Balaban J connectivity index is 1.95. The van der Waals surface area contributed by atoms with Gasteiger partial charge < -0.3 is 0 Å². The van der Waals surface area contributed by atoms with Crippen LogP contribution in [0.1, 0.15) is 25.0 Å². The minimum atomic E-state index is 0.104. The standard InChI is InChI=1S/C22H21Cl2NO/c1-15(2)25-13-18(11-16-3-7-20(23)8-4-16)22(26)19(14-25)12-17-5-9-21(24)10-6-17/h3-12,15H,13-14H2,1-2H3/b18-11-,19-12+. The number of carbonyl (C=O) groups is 1. The Morgan fingerprint density at radius 2 is 1.19 bits per heavy atom. The third-order valence-corrected chi connectivity index (χ3v) is 4.99. The van der Waals surface area contributed by atoms with Crippen molar-refractivity contribution in [2.75, 3.05) is 13.1 Å². The van der Waals surface area contributed by atoms with Crippen molar-refractivity contribution in [1.82, 2.24) is 4.90 Å². The highest BCUT2D eigenvalue weighted by Crippen LogP contribution is 2.24. The van der Waals surface area contributed by atoms with Gasteiger partial charge in [-0.3, -0.25) is 9.69 Å². The number of hydrogen-bond donors (Lipinski definition) is 0. The summed E-state index contributed by atoms with van der Waals surface area (Å²) in [6.07, 6.45) is 3.92. The maximum absolute atomic E-state index is 13.0. The molecule has 0 aromatic heterocycles. The number of piperidine rings is 1. The van der Waals surface area contributed by atoms with E-state index in [1.165, 1.54) is 0 Å². The first-order valence-corrected chi connectivity index (χ1v) is 9.39. The van der Waals surface area contributed by atoms with Gasteiger partial charge in [0.05, 0.1) is 0 Å². The topological polar surface area (TPSA) is 20.3 Å². The Hall–Kier alpha value is -1.87. The molecule has 0 unspecified atom stereocenters. The molecule has 0 saturated carbocycles. The summed E-state index contributed by atoms with van der Waals surface area (Å²) in [6.45, 7) is 5.60. The van der Waals surface area contributed by atoms with Crippen molar-refractivity contribution in [3.8, 4) is 0 Å². The molecule has 4 heteroatoms. The molecule has 1 heterocycles. The van der Waals surface area contributed by atoms with Crippen LogP contribution in [0.4, 0.5) is 0 Å². The third kappa shape index (κ3) is 4.64. The lowest BCUT2D eigenvalue weighted by Crippen LogP contribution is -2.41. The average molecular weight is 386 g/mol. The predicted molar refractivity (Wildman–Crippen MR) is 111 cm³/mol. The van der Waals surface area contributed by atoms with E-state index in [0.717, 1.165) is 22.3 Å². The van der Waals surface area contributed by atoms with Crippen LogP contribution >= 0.6 is 23.2 Å². The first-order valence-electron chi connectivity index (χ1n) is 8.63. The van der Waals surface area contributed by atoms with E-state index >= 15 is 0 Å². The van der Waals surface area contributed by atoms with E-state index in [9.17, 15) is 4.79 Å². The average Bonchev–Trinajstić information content (AvgIpc) is 2.62. The maximum Gasteiger partial charge on any atom is 0.187 e. The number of Topliss-reactive ketones (excluding diaryl/α,β-unsaturated/α-hetero) is 1. The molecular weight excluding hydrogens is 365 g/mol. The van der Waals surface area contributed by atoms with Gasteiger partial charge in [0.1, 0.15) is 0 Å². The predicted octanol–water partition coefficient (Wildman–Crippen LogP) is 5.75. The van der Waals surface area contributed by atoms with Crippen molar-refractivity contribution < 1.29 is 4.79 Å². The zero-order valence-corrected chi connectivity index (χ0v) is 16.4. The lowest BCUT2D eigenvalue weighted by atomic mass is 9.93. The molecule has 134 valence electrons. The molecule has 0 radical (unpaired) electrons. The Labute approximate surface area is 164 Å². The SMILES string of the molecule is CC(C)N1C/C(=C/c2ccc(Cl)cc2)C(=O)/C(=C/c2ccc(Cl)cc2)C1. The monoisotopic (exact) mass is 385 g/mol. The molecule has 1 aliphatic heterocycles. The molecule has 26 heavy (non-hydrogen) atoms. The Kier molecular flexibility index (Phi) is 5.98. The van der Waals surface area contributed by atoms with E-state index in [-0.39, 0.29) is 5.78 Å². The number of likely N-dealkylation sites (tertiary alicyclic amines) is 1. The fourth-order valence-corrected chi connectivity index (χ4v) is 3.20. The highest BCUT2D eigenvalue weighted by Gasteiger charge is 2.27. The summed E-state index contributed by atoms with van der Waals surface area (Å²) in [6, 6.07) is 15.4. The van der Waals surface area contributed by atoms with Crippen LogP contribution < -0.4 is 0 Å². The van der Waals surface area contributed by atoms with Crippen molar-refractivity contribution in [3.63, 3.8) is 0 Å². The lowest BCUT2D eigenvalue weighted by molar-refractivity contribution is -0.113. The van der Waals surface area contributed by atoms with E-state index < -0.39 is 0 Å². The van der Waals surface area contributed by atoms with E-state index in [4.69, 9.17) is 23.2 Å². The summed E-state index contributed by atoms with van der Waals surface area (Å²) in [5.41, 5.74) is 3.56. The quantitative estimate of drug-likeness (QED) is 0.626. The maximum atomic E-state index is 13.0. The summed E-state index contributed by atoms with van der Waals surface area (Å²) in [5, 5.41) is 1.38. The highest BCUT2D eigenvalue weighted by molar-refractivity contribution is 6.30. The summed E-state index contributed by atoms with van der Waals surface area (Å²) < 4.78 is 0. The molecule has 0 N–H and O–H groups in total. The molecule has 0 aliphatic carbocycles. The van der Waals surface area contributed by atoms with Gasteiger partial charge in [-0.25, -0.2) is 0 Å². The Morgan fingerprint density at radius 3 is 1.54 bits per heavy atom. The summed E-state index contributed by atoms with van der Waals surface area (Å²) in [4.78, 5) is 15.3. The van der Waals surface area contributed by atoms with Crippen molar-refractivity contribution in [3.05, 3.63) is 80.8 Å². The normalized spacial score (nSPS) is 18.9. The van der Waals surface area contributed by atoms with Gasteiger partial charge in [-0.15, -0.1) is 0 Å². The van der Waals surface area contributed by atoms with Crippen LogP contribution in [-0.4, -0.2) is 29.8 Å². The number of carbonyl (C=O) groups excluding carboxylic acids is 1. The van der Waals surface area contributed by atoms with Gasteiger partial charge in [0.2, 0.25) is 0 Å². The molecule has 0 spiro atoms. The number of benzene rings is 2. The molecule has 2 nitrogen and oxygen atoms in total. The van der Waals surface area contributed by atoms with E-state index in [2.05, 4.69) is 18.7 Å². The van der Waals surface area contributed by atoms with Gasteiger partial charge in [0, 0.05) is 40.3 Å². The minimum absolute atomic E-state index is 0.104. The lowest BCUT2D eigenvalue weighted by Gasteiger charge is -2.32. The van der Waals surface area contributed by atoms with Crippen LogP contribution in [-0.2, 0) is 4.79 Å². The zero-order chi connectivity index (χ0) is 18.7. The first kappa shape index (κ1) is 18.9. The van der Waals surface area contributed by atoms with Gasteiger partial charge in [-0.1, -0.05) is 47.5 Å². The van der Waals surface area contributed by atoms with E-state index in [0.29, 0.717) is 29.2 Å². The number of nitrogens with zero attached hydrogens (tertiary/aromatic N) is 1. The van der Waals surface area contributed by atoms with Crippen LogP contribution in [0.2, 0.25) is 10.0 Å². The molecule has 0 bridgehead atoms. The van der Waals surface area contributed by atoms with Crippen LogP contribution in [0.3, 0.4) is 0 Å². The van der Waals surface area contributed by atoms with Crippen LogP contribution in [0.5, 0.6) is 0 Å². The van der Waals surface area contributed by atoms with Gasteiger partial charge in [0.15, 0.2) is 5.78 Å². The zero-order valence-electron chi connectivity index (χ0n) is 14.9. The number of hydrogen-bond acceptors (Lipinski definition) is 2. The molecule has 0 amide bonds. The second-order valence-electron chi connectivity index (χ2n) is 6.77. The van der Waals surface area contributed by atoms with Crippen molar-refractivity contribution in [2.24, 2.45) is 0 Å². The smallest absolute Gasteiger partial charge is 0.187 e. The molecule has 2 aromatic carbocycles. The number of ketones is 1. The van der Waals surface area contributed by atoms with Crippen LogP contribution in [0.15, 0.2) is 59.7 Å². The summed E-state index contributed by atoms with van der Waals surface area (Å²) in [5.74, 6) is 0.104. The van der Waals surface area contributed by atoms with Crippen LogP contribution in [0.25, 0.3) is 12.2 Å². The third-order valence-electron chi connectivity index (χ3n) is 4.48. The molecule has 2 aromatic rings. The molecular formula is C22H21Cl2NO. The van der Waals surface area contributed by atoms with Gasteiger partial charge in [-0.2, -0.15) is 0 Å². The second-order valence-corrected chi connectivity index (χ2v) is 7.64. The Morgan fingerprint density at radius 1 is 0.808 bits per heavy atom. The fraction of sp³-hybridized carbons (Fsp3) is 0.227. The second kappa shape index (κ2) is 8.22. The highest BCUT2D eigenvalue weighted by atomic mass is 35.5.